The highest BCUT2D eigenvalue weighted by Gasteiger charge is 2.18. The number of pyridine rings is 1. The van der Waals surface area contributed by atoms with Crippen LogP contribution in [0.15, 0.2) is 73.3 Å². The van der Waals surface area contributed by atoms with E-state index in [-0.39, 0.29) is 12.5 Å². The second-order valence-electron chi connectivity index (χ2n) is 10.4. The minimum Gasteiger partial charge on any atom is -0.488 e. The van der Waals surface area contributed by atoms with Crippen molar-refractivity contribution in [1.82, 2.24) is 25.6 Å². The van der Waals surface area contributed by atoms with Gasteiger partial charge >= 0.3 is 0 Å². The lowest BCUT2D eigenvalue weighted by Gasteiger charge is -2.19. The molecule has 12 heteroatoms. The molecule has 232 valence electrons. The number of amides is 1. The maximum Gasteiger partial charge on any atom is 0.230 e. The Labute approximate surface area is 270 Å². The fourth-order valence-electron chi connectivity index (χ4n) is 4.96. The van der Waals surface area contributed by atoms with E-state index in [4.69, 9.17) is 30.5 Å². The molecule has 0 saturated carbocycles. The SMILES string of the molecule is CC(=O)NCCNCc1cc(Cl)c(Oc2ncnc3c(-c4ccc5c(c4)OCCO5)cccc23)cc1OCc1cncc(C#N)c1. The number of carbonyl (C=O) groups is 1. The van der Waals surface area contributed by atoms with Crippen LogP contribution in [-0.2, 0) is 17.9 Å². The lowest BCUT2D eigenvalue weighted by molar-refractivity contribution is -0.118. The Balaban J connectivity index is 1.29. The molecule has 0 radical (unpaired) electrons. The lowest BCUT2D eigenvalue weighted by atomic mass is 10.0. The van der Waals surface area contributed by atoms with Gasteiger partial charge in [-0.1, -0.05) is 29.8 Å². The highest BCUT2D eigenvalue weighted by Crippen LogP contribution is 2.40. The zero-order valence-electron chi connectivity index (χ0n) is 24.9. The monoisotopic (exact) mass is 636 g/mol. The molecule has 11 nitrogen and oxygen atoms in total. The van der Waals surface area contributed by atoms with Gasteiger partial charge in [-0.3, -0.25) is 9.78 Å². The topological polar surface area (TPSA) is 141 Å². The summed E-state index contributed by atoms with van der Waals surface area (Å²) in [5, 5.41) is 16.4. The molecule has 3 aromatic carbocycles. The number of nitriles is 1. The molecular weight excluding hydrogens is 608 g/mol. The first kappa shape index (κ1) is 30.6. The predicted molar refractivity (Wildman–Crippen MR) is 171 cm³/mol. The first-order valence-electron chi connectivity index (χ1n) is 14.5. The molecule has 0 fully saturated rings. The van der Waals surface area contributed by atoms with Gasteiger partial charge in [0.15, 0.2) is 17.2 Å². The minimum atomic E-state index is -0.0979. The maximum absolute atomic E-state index is 11.2. The number of benzene rings is 3. The summed E-state index contributed by atoms with van der Waals surface area (Å²) >= 11 is 6.75. The van der Waals surface area contributed by atoms with Gasteiger partial charge in [0.1, 0.15) is 38.0 Å². The molecule has 0 spiro atoms. The number of fused-ring (bicyclic) bond motifs is 2. The van der Waals surface area contributed by atoms with Crippen molar-refractivity contribution in [2.24, 2.45) is 0 Å². The van der Waals surface area contributed by atoms with Crippen LogP contribution in [0.1, 0.15) is 23.6 Å². The first-order valence-corrected chi connectivity index (χ1v) is 14.9. The van der Waals surface area contributed by atoms with Crippen LogP contribution < -0.4 is 29.6 Å². The van der Waals surface area contributed by atoms with Gasteiger partial charge in [-0.05, 0) is 35.9 Å². The Hall–Kier alpha value is -5.44. The molecular formula is C34H29ClN6O5. The number of ether oxygens (including phenoxy) is 4. The van der Waals surface area contributed by atoms with Gasteiger partial charge in [-0.2, -0.15) is 5.26 Å². The van der Waals surface area contributed by atoms with Crippen LogP contribution in [0.3, 0.4) is 0 Å². The zero-order chi connectivity index (χ0) is 31.9. The highest BCUT2D eigenvalue weighted by atomic mass is 35.5. The molecule has 0 unspecified atom stereocenters. The van der Waals surface area contributed by atoms with Crippen molar-refractivity contribution in [3.05, 3.63) is 95.0 Å². The summed E-state index contributed by atoms with van der Waals surface area (Å²) in [6.07, 6.45) is 4.59. The van der Waals surface area contributed by atoms with Crippen molar-refractivity contribution in [2.75, 3.05) is 26.3 Å². The Bertz CT molecular complexity index is 1950. The summed E-state index contributed by atoms with van der Waals surface area (Å²) in [6.45, 7) is 4.09. The van der Waals surface area contributed by atoms with Gasteiger partial charge in [0.25, 0.3) is 0 Å². The van der Waals surface area contributed by atoms with E-state index in [0.717, 1.165) is 22.3 Å². The van der Waals surface area contributed by atoms with Gasteiger partial charge in [0.2, 0.25) is 11.8 Å². The molecule has 1 aliphatic heterocycles. The first-order chi connectivity index (χ1) is 22.5. The number of rotatable bonds is 11. The molecule has 2 aromatic heterocycles. The fourth-order valence-corrected chi connectivity index (χ4v) is 5.18. The van der Waals surface area contributed by atoms with E-state index in [9.17, 15) is 10.1 Å². The van der Waals surface area contributed by atoms with Crippen molar-refractivity contribution < 1.29 is 23.7 Å². The third kappa shape index (κ3) is 7.10. The normalized spacial score (nSPS) is 11.9. The predicted octanol–water partition coefficient (Wildman–Crippen LogP) is 5.59. The number of halogens is 1. The number of hydrogen-bond acceptors (Lipinski definition) is 10. The van der Waals surface area contributed by atoms with Crippen LogP contribution in [0.5, 0.6) is 28.9 Å². The van der Waals surface area contributed by atoms with Gasteiger partial charge in [-0.15, -0.1) is 0 Å². The second-order valence-corrected chi connectivity index (χ2v) is 10.8. The van der Waals surface area contributed by atoms with Crippen LogP contribution in [0.2, 0.25) is 5.02 Å². The van der Waals surface area contributed by atoms with Gasteiger partial charge < -0.3 is 29.6 Å². The van der Waals surface area contributed by atoms with Crippen LogP contribution in [-0.4, -0.2) is 47.2 Å². The van der Waals surface area contributed by atoms with Crippen LogP contribution in [0.25, 0.3) is 22.0 Å². The number of aromatic nitrogens is 3. The summed E-state index contributed by atoms with van der Waals surface area (Å²) in [7, 11) is 0. The Morgan fingerprint density at radius 2 is 1.89 bits per heavy atom. The Kier molecular flexibility index (Phi) is 9.38. The molecule has 5 aromatic rings. The molecule has 0 aliphatic carbocycles. The molecule has 6 rings (SSSR count). The summed E-state index contributed by atoms with van der Waals surface area (Å²) in [5.41, 5.74) is 4.44. The number of para-hydroxylation sites is 1. The van der Waals surface area contributed by atoms with E-state index < -0.39 is 0 Å². The van der Waals surface area contributed by atoms with E-state index in [0.29, 0.717) is 83.2 Å². The summed E-state index contributed by atoms with van der Waals surface area (Å²) in [6, 6.07) is 18.9. The summed E-state index contributed by atoms with van der Waals surface area (Å²) in [4.78, 5) is 24.4. The molecule has 0 bridgehead atoms. The molecule has 3 heterocycles. The van der Waals surface area contributed by atoms with Crippen LogP contribution >= 0.6 is 11.6 Å². The number of hydrogen-bond donors (Lipinski definition) is 2. The lowest BCUT2D eigenvalue weighted by Crippen LogP contribution is -2.30. The van der Waals surface area contributed by atoms with Crippen molar-refractivity contribution >= 4 is 28.4 Å². The zero-order valence-corrected chi connectivity index (χ0v) is 25.6. The number of carbonyl (C=O) groups excluding carboxylic acids is 1. The highest BCUT2D eigenvalue weighted by molar-refractivity contribution is 6.32. The Morgan fingerprint density at radius 3 is 2.74 bits per heavy atom. The summed E-state index contributed by atoms with van der Waals surface area (Å²) < 4.78 is 24.0. The third-order valence-corrected chi connectivity index (χ3v) is 7.41. The number of nitrogens with zero attached hydrogens (tertiary/aromatic N) is 4. The minimum absolute atomic E-state index is 0.0979. The van der Waals surface area contributed by atoms with E-state index >= 15 is 0 Å². The van der Waals surface area contributed by atoms with E-state index in [1.807, 2.05) is 36.4 Å². The quantitative estimate of drug-likeness (QED) is 0.176. The standard InChI is InChI=1S/C34H29ClN6O5/c1-21(42)39-8-7-37-18-25-12-28(35)31(14-30(25)45-19-23-11-22(15-36)16-38-17-23)46-34-27-4-2-3-26(33(27)40-20-41-34)24-5-6-29-32(13-24)44-10-9-43-29/h2-6,11-14,16-17,20,37H,7-10,18-19H2,1H3,(H,39,42). The smallest absolute Gasteiger partial charge is 0.230 e. The van der Waals surface area contributed by atoms with Gasteiger partial charge in [-0.25, -0.2) is 9.97 Å². The largest absolute Gasteiger partial charge is 0.488 e. The van der Waals surface area contributed by atoms with Crippen LogP contribution in [0, 0.1) is 11.3 Å². The van der Waals surface area contributed by atoms with Crippen molar-refractivity contribution in [3.63, 3.8) is 0 Å². The molecule has 2 N–H and O–H groups in total. The van der Waals surface area contributed by atoms with Gasteiger partial charge in [0, 0.05) is 61.7 Å². The summed E-state index contributed by atoms with van der Waals surface area (Å²) in [5.74, 6) is 2.48. The van der Waals surface area contributed by atoms with Crippen molar-refractivity contribution in [2.45, 2.75) is 20.1 Å². The fraction of sp³-hybridized carbons (Fsp3) is 0.206. The van der Waals surface area contributed by atoms with E-state index in [2.05, 4.69) is 31.7 Å². The number of nitrogens with one attached hydrogen (secondary N) is 2. The molecule has 0 saturated heterocycles. The van der Waals surface area contributed by atoms with E-state index in [1.165, 1.54) is 19.4 Å². The molecule has 46 heavy (non-hydrogen) atoms. The average Bonchev–Trinajstić information content (AvgIpc) is 3.08. The second kappa shape index (κ2) is 14.1. The molecule has 1 amide bonds. The Morgan fingerprint density at radius 1 is 1.02 bits per heavy atom. The third-order valence-electron chi connectivity index (χ3n) is 7.11. The molecule has 0 atom stereocenters. The van der Waals surface area contributed by atoms with Gasteiger partial charge in [0.05, 0.1) is 21.5 Å². The van der Waals surface area contributed by atoms with Crippen molar-refractivity contribution in [1.29, 1.82) is 5.26 Å². The molecule has 1 aliphatic rings. The van der Waals surface area contributed by atoms with E-state index in [1.54, 1.807) is 24.4 Å². The average molecular weight is 637 g/mol. The van der Waals surface area contributed by atoms with Crippen LogP contribution in [0.4, 0.5) is 0 Å². The van der Waals surface area contributed by atoms with Crippen molar-refractivity contribution in [3.8, 4) is 46.1 Å². The maximum atomic E-state index is 11.2.